The molecule has 0 aliphatic carbocycles. The molecule has 2 amide bonds. The van der Waals surface area contributed by atoms with E-state index in [9.17, 15) is 9.59 Å². The fraction of sp³-hybridized carbons (Fsp3) is 0.417. The van der Waals surface area contributed by atoms with Crippen molar-refractivity contribution in [2.75, 3.05) is 25.1 Å². The minimum atomic E-state index is -0.0716. The SMILES string of the molecule is COc1cccc(CCNC(=O)CCN(C(C)=O)c2ccc(C(C)(C)C)cc2)c1. The molecular formula is C24H32N2O3. The van der Waals surface area contributed by atoms with Crippen molar-refractivity contribution < 1.29 is 14.3 Å². The van der Waals surface area contributed by atoms with E-state index in [-0.39, 0.29) is 23.7 Å². The first-order valence-corrected chi connectivity index (χ1v) is 9.99. The Hall–Kier alpha value is -2.82. The summed E-state index contributed by atoms with van der Waals surface area (Å²) in [7, 11) is 1.64. The number of nitrogens with zero attached hydrogens (tertiary/aromatic N) is 1. The van der Waals surface area contributed by atoms with E-state index < -0.39 is 0 Å². The lowest BCUT2D eigenvalue weighted by molar-refractivity contribution is -0.121. The maximum atomic E-state index is 12.2. The number of amides is 2. The van der Waals surface area contributed by atoms with Gasteiger partial charge in [0.05, 0.1) is 7.11 Å². The van der Waals surface area contributed by atoms with Gasteiger partial charge in [0, 0.05) is 32.1 Å². The average molecular weight is 397 g/mol. The third-order valence-electron chi connectivity index (χ3n) is 4.86. The normalized spacial score (nSPS) is 11.1. The van der Waals surface area contributed by atoms with E-state index >= 15 is 0 Å². The molecule has 0 radical (unpaired) electrons. The van der Waals surface area contributed by atoms with Gasteiger partial charge in [-0.15, -0.1) is 0 Å². The Morgan fingerprint density at radius 2 is 1.76 bits per heavy atom. The second-order valence-corrected chi connectivity index (χ2v) is 8.17. The van der Waals surface area contributed by atoms with Gasteiger partial charge in [0.2, 0.25) is 11.8 Å². The number of ether oxygens (including phenoxy) is 1. The van der Waals surface area contributed by atoms with Gasteiger partial charge < -0.3 is 15.0 Å². The van der Waals surface area contributed by atoms with Crippen molar-refractivity contribution in [2.24, 2.45) is 0 Å². The fourth-order valence-corrected chi connectivity index (χ4v) is 3.09. The van der Waals surface area contributed by atoms with E-state index in [2.05, 4.69) is 26.1 Å². The van der Waals surface area contributed by atoms with Crippen LogP contribution in [0.3, 0.4) is 0 Å². The molecule has 2 aromatic carbocycles. The van der Waals surface area contributed by atoms with Crippen LogP contribution in [0.2, 0.25) is 0 Å². The number of hydrogen-bond acceptors (Lipinski definition) is 3. The summed E-state index contributed by atoms with van der Waals surface area (Å²) < 4.78 is 5.21. The standard InChI is InChI=1S/C24H32N2O3/c1-18(27)26(21-11-9-20(10-12-21)24(2,3)4)16-14-23(28)25-15-13-19-7-6-8-22(17-19)29-5/h6-12,17H,13-16H2,1-5H3,(H,25,28). The summed E-state index contributed by atoms with van der Waals surface area (Å²) in [6.45, 7) is 8.89. The summed E-state index contributed by atoms with van der Waals surface area (Å²) in [4.78, 5) is 26.0. The van der Waals surface area contributed by atoms with Crippen molar-refractivity contribution in [1.82, 2.24) is 5.32 Å². The lowest BCUT2D eigenvalue weighted by atomic mass is 9.87. The van der Waals surface area contributed by atoms with Crippen molar-refractivity contribution >= 4 is 17.5 Å². The van der Waals surface area contributed by atoms with Crippen molar-refractivity contribution in [2.45, 2.75) is 46.0 Å². The molecule has 29 heavy (non-hydrogen) atoms. The highest BCUT2D eigenvalue weighted by atomic mass is 16.5. The van der Waals surface area contributed by atoms with Crippen LogP contribution in [0, 0.1) is 0 Å². The molecule has 0 aliphatic heterocycles. The molecule has 5 nitrogen and oxygen atoms in total. The quantitative estimate of drug-likeness (QED) is 0.731. The first-order chi connectivity index (χ1) is 13.7. The van der Waals surface area contributed by atoms with Gasteiger partial charge in [0.15, 0.2) is 0 Å². The molecule has 0 aliphatic rings. The van der Waals surface area contributed by atoms with Gasteiger partial charge in [-0.05, 0) is 47.2 Å². The van der Waals surface area contributed by atoms with Crippen LogP contribution >= 0.6 is 0 Å². The van der Waals surface area contributed by atoms with Gasteiger partial charge in [-0.2, -0.15) is 0 Å². The van der Waals surface area contributed by atoms with Gasteiger partial charge in [0.25, 0.3) is 0 Å². The van der Waals surface area contributed by atoms with Crippen molar-refractivity contribution in [1.29, 1.82) is 0 Å². The van der Waals surface area contributed by atoms with Crippen LogP contribution in [0.25, 0.3) is 0 Å². The van der Waals surface area contributed by atoms with Crippen molar-refractivity contribution in [3.8, 4) is 5.75 Å². The number of nitrogens with one attached hydrogen (secondary N) is 1. The highest BCUT2D eigenvalue weighted by molar-refractivity contribution is 5.92. The van der Waals surface area contributed by atoms with Gasteiger partial charge >= 0.3 is 0 Å². The molecule has 0 atom stereocenters. The Kier molecular flexibility index (Phi) is 7.82. The number of methoxy groups -OCH3 is 1. The number of carbonyl (C=O) groups excluding carboxylic acids is 2. The lowest BCUT2D eigenvalue weighted by Gasteiger charge is -2.23. The Morgan fingerprint density at radius 3 is 2.34 bits per heavy atom. The molecular weight excluding hydrogens is 364 g/mol. The predicted molar refractivity (Wildman–Crippen MR) is 117 cm³/mol. The van der Waals surface area contributed by atoms with Crippen molar-refractivity contribution in [3.05, 3.63) is 59.7 Å². The minimum Gasteiger partial charge on any atom is -0.497 e. The number of hydrogen-bond donors (Lipinski definition) is 1. The Morgan fingerprint density at radius 1 is 1.07 bits per heavy atom. The minimum absolute atomic E-state index is 0.0578. The highest BCUT2D eigenvalue weighted by Crippen LogP contribution is 2.25. The van der Waals surface area contributed by atoms with E-state index in [0.717, 1.165) is 23.4 Å². The van der Waals surface area contributed by atoms with E-state index in [1.54, 1.807) is 12.0 Å². The van der Waals surface area contributed by atoms with E-state index in [0.29, 0.717) is 13.1 Å². The summed E-state index contributed by atoms with van der Waals surface area (Å²) in [5.41, 5.74) is 3.19. The monoisotopic (exact) mass is 396 g/mol. The average Bonchev–Trinajstić information content (AvgIpc) is 2.68. The first-order valence-electron chi connectivity index (χ1n) is 9.99. The maximum absolute atomic E-state index is 12.2. The van der Waals surface area contributed by atoms with E-state index in [1.807, 2.05) is 48.5 Å². The molecule has 0 saturated heterocycles. The summed E-state index contributed by atoms with van der Waals surface area (Å²) in [5, 5.41) is 2.93. The van der Waals surface area contributed by atoms with Crippen LogP contribution in [-0.2, 0) is 21.4 Å². The van der Waals surface area contributed by atoms with Crippen molar-refractivity contribution in [3.63, 3.8) is 0 Å². The largest absolute Gasteiger partial charge is 0.497 e. The first kappa shape index (κ1) is 22.5. The smallest absolute Gasteiger partial charge is 0.223 e. The molecule has 156 valence electrons. The van der Waals surface area contributed by atoms with Gasteiger partial charge in [0.1, 0.15) is 5.75 Å². The zero-order chi connectivity index (χ0) is 21.4. The predicted octanol–water partition coefficient (Wildman–Crippen LogP) is 4.09. The molecule has 1 N–H and O–H groups in total. The third-order valence-corrected chi connectivity index (χ3v) is 4.86. The van der Waals surface area contributed by atoms with Gasteiger partial charge in [-0.1, -0.05) is 45.0 Å². The zero-order valence-electron chi connectivity index (χ0n) is 18.1. The van der Waals surface area contributed by atoms with E-state index in [1.165, 1.54) is 12.5 Å². The third kappa shape index (κ3) is 6.93. The highest BCUT2D eigenvalue weighted by Gasteiger charge is 2.16. The van der Waals surface area contributed by atoms with Crippen LogP contribution in [-0.4, -0.2) is 32.0 Å². The molecule has 0 bridgehead atoms. The Balaban J connectivity index is 1.86. The van der Waals surface area contributed by atoms with Crippen LogP contribution in [0.4, 0.5) is 5.69 Å². The molecule has 0 spiro atoms. The molecule has 0 heterocycles. The topological polar surface area (TPSA) is 58.6 Å². The van der Waals surface area contributed by atoms with E-state index in [4.69, 9.17) is 4.74 Å². The Labute approximate surface area is 174 Å². The summed E-state index contributed by atoms with van der Waals surface area (Å²) in [5.74, 6) is 0.673. The molecule has 0 unspecified atom stereocenters. The fourth-order valence-electron chi connectivity index (χ4n) is 3.09. The van der Waals surface area contributed by atoms with Crippen LogP contribution < -0.4 is 15.0 Å². The summed E-state index contributed by atoms with van der Waals surface area (Å²) >= 11 is 0. The molecule has 2 aromatic rings. The number of anilines is 1. The molecule has 5 heteroatoms. The maximum Gasteiger partial charge on any atom is 0.223 e. The second kappa shape index (κ2) is 10.1. The molecule has 0 fully saturated rings. The molecule has 2 rings (SSSR count). The second-order valence-electron chi connectivity index (χ2n) is 8.17. The van der Waals surface area contributed by atoms with Crippen LogP contribution in [0.15, 0.2) is 48.5 Å². The molecule has 0 aromatic heterocycles. The Bertz CT molecular complexity index is 823. The zero-order valence-corrected chi connectivity index (χ0v) is 18.1. The van der Waals surface area contributed by atoms with Crippen LogP contribution in [0.1, 0.15) is 45.2 Å². The number of benzene rings is 2. The lowest BCUT2D eigenvalue weighted by Crippen LogP contribution is -2.34. The summed E-state index contributed by atoms with van der Waals surface area (Å²) in [6, 6.07) is 15.8. The number of rotatable bonds is 8. The summed E-state index contributed by atoms with van der Waals surface area (Å²) in [6.07, 6.45) is 0.992. The molecule has 0 saturated carbocycles. The number of carbonyl (C=O) groups is 2. The van der Waals surface area contributed by atoms with Gasteiger partial charge in [-0.3, -0.25) is 9.59 Å². The van der Waals surface area contributed by atoms with Crippen LogP contribution in [0.5, 0.6) is 5.75 Å². The van der Waals surface area contributed by atoms with Gasteiger partial charge in [-0.25, -0.2) is 0 Å².